The van der Waals surface area contributed by atoms with E-state index in [1.165, 1.54) is 0 Å². The molecule has 0 amide bonds. The zero-order valence-corrected chi connectivity index (χ0v) is 12.3. The molecule has 1 aliphatic rings. The van der Waals surface area contributed by atoms with E-state index in [1.54, 1.807) is 0 Å². The number of rotatable bonds is 4. The van der Waals surface area contributed by atoms with Crippen LogP contribution < -0.4 is 0 Å². The topological polar surface area (TPSA) is 58.4 Å². The molecule has 19 heavy (non-hydrogen) atoms. The van der Waals surface area contributed by atoms with Gasteiger partial charge < -0.3 is 5.11 Å². The Morgan fingerprint density at radius 2 is 2.21 bits per heavy atom. The number of nitrogens with zero attached hydrogens (tertiary/aromatic N) is 3. The van der Waals surface area contributed by atoms with Crippen LogP contribution in [0.1, 0.15) is 25.2 Å². The Bertz CT molecular complexity index is 486. The number of carboxylic acids is 1. The summed E-state index contributed by atoms with van der Waals surface area (Å²) in [5.41, 5.74) is 1.82. The Morgan fingerprint density at radius 1 is 1.53 bits per heavy atom. The molecule has 1 aromatic heterocycles. The van der Waals surface area contributed by atoms with Gasteiger partial charge in [-0.15, -0.1) is 0 Å². The molecule has 2 unspecified atom stereocenters. The molecule has 2 heterocycles. The van der Waals surface area contributed by atoms with E-state index in [2.05, 4.69) is 10.00 Å². The summed E-state index contributed by atoms with van der Waals surface area (Å²) in [5.74, 6) is -0.811. The van der Waals surface area contributed by atoms with Crippen molar-refractivity contribution in [1.29, 1.82) is 0 Å². The fraction of sp³-hybridized carbons (Fsp3) is 0.692. The van der Waals surface area contributed by atoms with Crippen LogP contribution in [-0.4, -0.2) is 38.8 Å². The average Bonchev–Trinajstić information content (AvgIpc) is 2.84. The predicted octanol–water partition coefficient (Wildman–Crippen LogP) is 2.02. The summed E-state index contributed by atoms with van der Waals surface area (Å²) in [6, 6.07) is 0. The maximum absolute atomic E-state index is 11.1. The van der Waals surface area contributed by atoms with E-state index in [-0.39, 0.29) is 11.8 Å². The zero-order valence-electron chi connectivity index (χ0n) is 11.6. The van der Waals surface area contributed by atoms with Crippen LogP contribution in [0.15, 0.2) is 0 Å². The third-order valence-corrected chi connectivity index (χ3v) is 4.32. The van der Waals surface area contributed by atoms with Crippen molar-refractivity contribution >= 4 is 17.6 Å². The van der Waals surface area contributed by atoms with Gasteiger partial charge in [0.1, 0.15) is 0 Å². The van der Waals surface area contributed by atoms with Crippen LogP contribution in [-0.2, 0) is 17.9 Å². The minimum atomic E-state index is -0.707. The normalized spacial score (nSPS) is 24.0. The molecule has 0 spiro atoms. The van der Waals surface area contributed by atoms with Crippen molar-refractivity contribution in [2.45, 2.75) is 33.9 Å². The molecule has 106 valence electrons. The van der Waals surface area contributed by atoms with Crippen molar-refractivity contribution in [3.63, 3.8) is 0 Å². The molecular weight excluding hydrogens is 266 g/mol. The first-order chi connectivity index (χ1) is 8.93. The standard InChI is InChI=1S/C13H20ClN3O2/c1-4-17-11(12(14)9(3)15-17)7-16-5-8(2)10(6-16)13(18)19/h8,10H,4-7H2,1-3H3,(H,18,19). The van der Waals surface area contributed by atoms with Gasteiger partial charge in [0.05, 0.1) is 22.3 Å². The van der Waals surface area contributed by atoms with E-state index in [4.69, 9.17) is 16.7 Å². The molecule has 2 atom stereocenters. The van der Waals surface area contributed by atoms with Crippen LogP contribution in [0.2, 0.25) is 5.02 Å². The van der Waals surface area contributed by atoms with Gasteiger partial charge in [-0.25, -0.2) is 0 Å². The van der Waals surface area contributed by atoms with Crippen LogP contribution in [0.5, 0.6) is 0 Å². The maximum Gasteiger partial charge on any atom is 0.308 e. The fourth-order valence-corrected chi connectivity index (χ4v) is 2.94. The van der Waals surface area contributed by atoms with Gasteiger partial charge in [-0.05, 0) is 19.8 Å². The average molecular weight is 286 g/mol. The molecule has 0 aromatic carbocycles. The second kappa shape index (κ2) is 5.51. The number of likely N-dealkylation sites (tertiary alicyclic amines) is 1. The predicted molar refractivity (Wildman–Crippen MR) is 73.2 cm³/mol. The van der Waals surface area contributed by atoms with Gasteiger partial charge in [0.25, 0.3) is 0 Å². The van der Waals surface area contributed by atoms with Crippen molar-refractivity contribution in [2.24, 2.45) is 11.8 Å². The van der Waals surface area contributed by atoms with Crippen LogP contribution in [0, 0.1) is 18.8 Å². The molecule has 5 nitrogen and oxygen atoms in total. The highest BCUT2D eigenvalue weighted by atomic mass is 35.5. The second-order valence-electron chi connectivity index (χ2n) is 5.28. The van der Waals surface area contributed by atoms with Gasteiger partial charge in [0.15, 0.2) is 0 Å². The minimum Gasteiger partial charge on any atom is -0.481 e. The highest BCUT2D eigenvalue weighted by Crippen LogP contribution is 2.27. The summed E-state index contributed by atoms with van der Waals surface area (Å²) in [7, 11) is 0. The Balaban J connectivity index is 2.13. The van der Waals surface area contributed by atoms with Gasteiger partial charge in [0.2, 0.25) is 0 Å². The summed E-state index contributed by atoms with van der Waals surface area (Å²) in [6.07, 6.45) is 0. The SMILES string of the molecule is CCn1nc(C)c(Cl)c1CN1CC(C)C(C(=O)O)C1. The Hall–Kier alpha value is -1.07. The third kappa shape index (κ3) is 2.77. The summed E-state index contributed by atoms with van der Waals surface area (Å²) in [4.78, 5) is 13.3. The van der Waals surface area contributed by atoms with Crippen molar-refractivity contribution < 1.29 is 9.90 Å². The molecule has 0 bridgehead atoms. The molecular formula is C13H20ClN3O2. The number of carboxylic acid groups (broad SMARTS) is 1. The van der Waals surface area contributed by atoms with Crippen molar-refractivity contribution in [2.75, 3.05) is 13.1 Å². The van der Waals surface area contributed by atoms with Crippen LogP contribution >= 0.6 is 11.6 Å². The molecule has 0 radical (unpaired) electrons. The van der Waals surface area contributed by atoms with Gasteiger partial charge >= 0.3 is 5.97 Å². The van der Waals surface area contributed by atoms with Crippen LogP contribution in [0.3, 0.4) is 0 Å². The summed E-state index contributed by atoms with van der Waals surface area (Å²) in [6.45, 7) is 8.73. The van der Waals surface area contributed by atoms with Gasteiger partial charge in [-0.1, -0.05) is 18.5 Å². The largest absolute Gasteiger partial charge is 0.481 e. The van der Waals surface area contributed by atoms with Crippen molar-refractivity contribution in [1.82, 2.24) is 14.7 Å². The maximum atomic E-state index is 11.1. The van der Waals surface area contributed by atoms with E-state index in [9.17, 15) is 4.79 Å². The second-order valence-corrected chi connectivity index (χ2v) is 5.66. The van der Waals surface area contributed by atoms with E-state index in [0.717, 1.165) is 24.5 Å². The molecule has 0 aliphatic carbocycles. The number of aliphatic carboxylic acids is 1. The Labute approximate surface area is 118 Å². The number of aryl methyl sites for hydroxylation is 2. The Kier molecular flexibility index (Phi) is 4.16. The molecule has 6 heteroatoms. The number of aromatic nitrogens is 2. The van der Waals surface area contributed by atoms with Crippen LogP contribution in [0.25, 0.3) is 0 Å². The number of carbonyl (C=O) groups is 1. The zero-order chi connectivity index (χ0) is 14.2. The highest BCUT2D eigenvalue weighted by Gasteiger charge is 2.35. The van der Waals surface area contributed by atoms with E-state index >= 15 is 0 Å². The fourth-order valence-electron chi connectivity index (χ4n) is 2.75. The summed E-state index contributed by atoms with van der Waals surface area (Å²) < 4.78 is 1.90. The lowest BCUT2D eigenvalue weighted by molar-refractivity contribution is -0.142. The number of halogens is 1. The molecule has 1 saturated heterocycles. The first kappa shape index (κ1) is 14.3. The lowest BCUT2D eigenvalue weighted by Gasteiger charge is -2.16. The number of hydrogen-bond acceptors (Lipinski definition) is 3. The smallest absolute Gasteiger partial charge is 0.308 e. The highest BCUT2D eigenvalue weighted by molar-refractivity contribution is 6.31. The monoisotopic (exact) mass is 285 g/mol. The summed E-state index contributed by atoms with van der Waals surface area (Å²) >= 11 is 6.28. The van der Waals surface area contributed by atoms with Gasteiger partial charge in [-0.2, -0.15) is 5.10 Å². The third-order valence-electron chi connectivity index (χ3n) is 3.83. The molecule has 1 aromatic rings. The lowest BCUT2D eigenvalue weighted by atomic mass is 9.99. The first-order valence-corrected chi connectivity index (χ1v) is 6.98. The minimum absolute atomic E-state index is 0.176. The number of hydrogen-bond donors (Lipinski definition) is 1. The van der Waals surface area contributed by atoms with Crippen LogP contribution in [0.4, 0.5) is 0 Å². The van der Waals surface area contributed by atoms with E-state index in [0.29, 0.717) is 18.1 Å². The first-order valence-electron chi connectivity index (χ1n) is 6.61. The molecule has 1 aliphatic heterocycles. The van der Waals surface area contributed by atoms with E-state index < -0.39 is 5.97 Å². The van der Waals surface area contributed by atoms with Crippen molar-refractivity contribution in [3.05, 3.63) is 16.4 Å². The molecule has 0 saturated carbocycles. The van der Waals surface area contributed by atoms with Crippen molar-refractivity contribution in [3.8, 4) is 0 Å². The van der Waals surface area contributed by atoms with Gasteiger partial charge in [-0.3, -0.25) is 14.4 Å². The molecule has 1 N–H and O–H groups in total. The summed E-state index contributed by atoms with van der Waals surface area (Å²) in [5, 5.41) is 14.2. The molecule has 2 rings (SSSR count). The Morgan fingerprint density at radius 3 is 2.74 bits per heavy atom. The van der Waals surface area contributed by atoms with E-state index in [1.807, 2.05) is 25.5 Å². The molecule has 1 fully saturated rings. The quantitative estimate of drug-likeness (QED) is 0.919. The van der Waals surface area contributed by atoms with Gasteiger partial charge in [0, 0.05) is 26.2 Å². The lowest BCUT2D eigenvalue weighted by Crippen LogP contribution is -2.24.